The Labute approximate surface area is 125 Å². The van der Waals surface area contributed by atoms with Crippen molar-refractivity contribution in [3.8, 4) is 0 Å². The SMILES string of the molecule is O=C(O)C(Cc1cccc(Br)c1)Cc1ccccc1F. The maximum Gasteiger partial charge on any atom is 0.307 e. The molecule has 20 heavy (non-hydrogen) atoms. The predicted octanol–water partition coefficient (Wildman–Crippen LogP) is 4.07. The van der Waals surface area contributed by atoms with Gasteiger partial charge < -0.3 is 5.11 Å². The summed E-state index contributed by atoms with van der Waals surface area (Å²) < 4.78 is 14.5. The molecule has 0 saturated heterocycles. The van der Waals surface area contributed by atoms with Gasteiger partial charge in [-0.15, -0.1) is 0 Å². The Bertz CT molecular complexity index is 613. The fraction of sp³-hybridized carbons (Fsp3) is 0.188. The lowest BCUT2D eigenvalue weighted by molar-refractivity contribution is -0.141. The van der Waals surface area contributed by atoms with Crippen molar-refractivity contribution in [3.63, 3.8) is 0 Å². The average Bonchev–Trinajstić information content (AvgIpc) is 2.40. The van der Waals surface area contributed by atoms with Crippen LogP contribution in [-0.2, 0) is 17.6 Å². The lowest BCUT2D eigenvalue weighted by atomic mass is 9.92. The Morgan fingerprint density at radius 2 is 1.90 bits per heavy atom. The van der Waals surface area contributed by atoms with E-state index in [-0.39, 0.29) is 12.2 Å². The van der Waals surface area contributed by atoms with E-state index in [1.807, 2.05) is 24.3 Å². The minimum Gasteiger partial charge on any atom is -0.481 e. The van der Waals surface area contributed by atoms with Crippen LogP contribution in [0.2, 0.25) is 0 Å². The molecule has 0 saturated carbocycles. The first-order valence-corrected chi connectivity index (χ1v) is 7.06. The second-order valence-corrected chi connectivity index (χ2v) is 5.58. The van der Waals surface area contributed by atoms with Crippen LogP contribution in [0.5, 0.6) is 0 Å². The molecule has 0 amide bonds. The maximum absolute atomic E-state index is 13.6. The Morgan fingerprint density at radius 3 is 2.55 bits per heavy atom. The highest BCUT2D eigenvalue weighted by molar-refractivity contribution is 9.10. The molecule has 1 unspecified atom stereocenters. The molecule has 4 heteroatoms. The molecule has 104 valence electrons. The average molecular weight is 337 g/mol. The predicted molar refractivity (Wildman–Crippen MR) is 79.1 cm³/mol. The molecular weight excluding hydrogens is 323 g/mol. The molecule has 0 bridgehead atoms. The minimum absolute atomic E-state index is 0.189. The molecule has 1 atom stereocenters. The first-order chi connectivity index (χ1) is 9.56. The molecule has 1 N–H and O–H groups in total. The summed E-state index contributed by atoms with van der Waals surface area (Å²) in [5.41, 5.74) is 1.36. The van der Waals surface area contributed by atoms with E-state index in [9.17, 15) is 14.3 Å². The van der Waals surface area contributed by atoms with Crippen molar-refractivity contribution in [3.05, 3.63) is 69.9 Å². The molecule has 0 aliphatic heterocycles. The summed E-state index contributed by atoms with van der Waals surface area (Å²) in [7, 11) is 0. The van der Waals surface area contributed by atoms with E-state index in [4.69, 9.17) is 0 Å². The van der Waals surface area contributed by atoms with Gasteiger partial charge in [-0.05, 0) is 42.2 Å². The van der Waals surface area contributed by atoms with E-state index in [2.05, 4.69) is 15.9 Å². The number of aliphatic carboxylic acids is 1. The molecule has 0 fully saturated rings. The molecule has 0 spiro atoms. The molecule has 0 heterocycles. The summed E-state index contributed by atoms with van der Waals surface area (Å²) in [6.07, 6.45) is 0.567. The van der Waals surface area contributed by atoms with Crippen LogP contribution in [0, 0.1) is 11.7 Å². The van der Waals surface area contributed by atoms with Crippen LogP contribution in [0.15, 0.2) is 53.0 Å². The highest BCUT2D eigenvalue weighted by Crippen LogP contribution is 2.19. The molecular formula is C16H14BrFO2. The van der Waals surface area contributed by atoms with Crippen molar-refractivity contribution in [2.75, 3.05) is 0 Å². The topological polar surface area (TPSA) is 37.3 Å². The minimum atomic E-state index is -0.909. The van der Waals surface area contributed by atoms with Gasteiger partial charge in [0.05, 0.1) is 5.92 Å². The number of carboxylic acids is 1. The summed E-state index contributed by atoms with van der Waals surface area (Å²) in [5.74, 6) is -1.90. The second-order valence-electron chi connectivity index (χ2n) is 4.66. The van der Waals surface area contributed by atoms with Gasteiger partial charge in [0.1, 0.15) is 5.82 Å². The second kappa shape index (κ2) is 6.66. The van der Waals surface area contributed by atoms with Gasteiger partial charge in [-0.2, -0.15) is 0 Å². The molecule has 2 aromatic rings. The number of hydrogen-bond donors (Lipinski definition) is 1. The third kappa shape index (κ3) is 3.90. The van der Waals surface area contributed by atoms with Gasteiger partial charge in [-0.1, -0.05) is 46.3 Å². The Morgan fingerprint density at radius 1 is 1.15 bits per heavy atom. The molecule has 2 rings (SSSR count). The quantitative estimate of drug-likeness (QED) is 0.893. The van der Waals surface area contributed by atoms with Crippen molar-refractivity contribution < 1.29 is 14.3 Å². The lowest BCUT2D eigenvalue weighted by Crippen LogP contribution is -2.19. The van der Waals surface area contributed by atoms with Gasteiger partial charge in [-0.25, -0.2) is 4.39 Å². The molecule has 2 nitrogen and oxygen atoms in total. The highest BCUT2D eigenvalue weighted by atomic mass is 79.9. The molecule has 2 aromatic carbocycles. The smallest absolute Gasteiger partial charge is 0.307 e. The van der Waals surface area contributed by atoms with Crippen LogP contribution < -0.4 is 0 Å². The number of carbonyl (C=O) groups is 1. The van der Waals surface area contributed by atoms with E-state index in [0.29, 0.717) is 12.0 Å². The summed E-state index contributed by atoms with van der Waals surface area (Å²) in [4.78, 5) is 11.4. The van der Waals surface area contributed by atoms with Crippen molar-refractivity contribution in [1.82, 2.24) is 0 Å². The normalized spacial score (nSPS) is 12.1. The highest BCUT2D eigenvalue weighted by Gasteiger charge is 2.20. The van der Waals surface area contributed by atoms with E-state index in [1.54, 1.807) is 18.2 Å². The third-order valence-electron chi connectivity index (χ3n) is 3.14. The number of halogens is 2. The van der Waals surface area contributed by atoms with Crippen molar-refractivity contribution in [2.24, 2.45) is 5.92 Å². The van der Waals surface area contributed by atoms with E-state index < -0.39 is 11.9 Å². The maximum atomic E-state index is 13.6. The van der Waals surface area contributed by atoms with Crippen molar-refractivity contribution >= 4 is 21.9 Å². The molecule has 0 aromatic heterocycles. The van der Waals surface area contributed by atoms with Crippen LogP contribution in [-0.4, -0.2) is 11.1 Å². The van der Waals surface area contributed by atoms with E-state index >= 15 is 0 Å². The first kappa shape index (κ1) is 14.7. The zero-order chi connectivity index (χ0) is 14.5. The van der Waals surface area contributed by atoms with Crippen LogP contribution in [0.1, 0.15) is 11.1 Å². The third-order valence-corrected chi connectivity index (χ3v) is 3.64. The molecule has 0 aliphatic carbocycles. The number of carboxylic acid groups (broad SMARTS) is 1. The summed E-state index contributed by atoms with van der Waals surface area (Å²) in [5, 5.41) is 9.32. The summed E-state index contributed by atoms with van der Waals surface area (Å²) >= 11 is 3.36. The van der Waals surface area contributed by atoms with Gasteiger partial charge in [0, 0.05) is 4.47 Å². The van der Waals surface area contributed by atoms with Gasteiger partial charge >= 0.3 is 5.97 Å². The number of rotatable bonds is 5. The van der Waals surface area contributed by atoms with Crippen LogP contribution >= 0.6 is 15.9 Å². The van der Waals surface area contributed by atoms with Gasteiger partial charge in [0.2, 0.25) is 0 Å². The van der Waals surface area contributed by atoms with E-state index in [0.717, 1.165) is 10.0 Å². The molecule has 0 aliphatic rings. The summed E-state index contributed by atoms with van der Waals surface area (Å²) in [6.45, 7) is 0. The van der Waals surface area contributed by atoms with Crippen LogP contribution in [0.4, 0.5) is 4.39 Å². The monoisotopic (exact) mass is 336 g/mol. The Balaban J connectivity index is 2.16. The van der Waals surface area contributed by atoms with Gasteiger partial charge in [0.25, 0.3) is 0 Å². The van der Waals surface area contributed by atoms with Crippen LogP contribution in [0.25, 0.3) is 0 Å². The number of benzene rings is 2. The van der Waals surface area contributed by atoms with Crippen LogP contribution in [0.3, 0.4) is 0 Å². The summed E-state index contributed by atoms with van der Waals surface area (Å²) in [6, 6.07) is 13.8. The first-order valence-electron chi connectivity index (χ1n) is 6.27. The standard InChI is InChI=1S/C16H14BrFO2/c17-14-6-3-4-11(9-14)8-13(16(19)20)10-12-5-1-2-7-15(12)18/h1-7,9,13H,8,10H2,(H,19,20). The van der Waals surface area contributed by atoms with Gasteiger partial charge in [-0.3, -0.25) is 4.79 Å². The molecule has 0 radical (unpaired) electrons. The Hall–Kier alpha value is -1.68. The fourth-order valence-electron chi connectivity index (χ4n) is 2.12. The lowest BCUT2D eigenvalue weighted by Gasteiger charge is -2.13. The van der Waals surface area contributed by atoms with Crippen molar-refractivity contribution in [2.45, 2.75) is 12.8 Å². The fourth-order valence-corrected chi connectivity index (χ4v) is 2.57. The number of hydrogen-bond acceptors (Lipinski definition) is 1. The van der Waals surface area contributed by atoms with E-state index in [1.165, 1.54) is 6.07 Å². The van der Waals surface area contributed by atoms with Gasteiger partial charge in [0.15, 0.2) is 0 Å². The zero-order valence-electron chi connectivity index (χ0n) is 10.7. The largest absolute Gasteiger partial charge is 0.481 e. The Kier molecular flexibility index (Phi) is 4.90. The zero-order valence-corrected chi connectivity index (χ0v) is 12.3. The van der Waals surface area contributed by atoms with Crippen molar-refractivity contribution in [1.29, 1.82) is 0 Å².